The number of carbonyl (C=O) groups excluding carboxylic acids is 1. The van der Waals surface area contributed by atoms with Crippen molar-refractivity contribution in [2.24, 2.45) is 17.3 Å². The van der Waals surface area contributed by atoms with Crippen molar-refractivity contribution in [1.29, 1.82) is 0 Å². The minimum absolute atomic E-state index is 0.271. The molecule has 0 bridgehead atoms. The molecular weight excluding hydrogens is 136 g/mol. The first-order valence-corrected chi connectivity index (χ1v) is 4.25. The number of allylic oxidation sites excluding steroid dienone is 2. The van der Waals surface area contributed by atoms with Gasteiger partial charge >= 0.3 is 0 Å². The zero-order chi connectivity index (χ0) is 8.22. The Morgan fingerprint density at radius 3 is 2.64 bits per heavy atom. The monoisotopic (exact) mass is 150 g/mol. The van der Waals surface area contributed by atoms with E-state index in [1.54, 1.807) is 6.92 Å². The minimum atomic E-state index is 0.271. The van der Waals surface area contributed by atoms with Crippen LogP contribution >= 0.6 is 0 Å². The maximum absolute atomic E-state index is 11.0. The van der Waals surface area contributed by atoms with Crippen molar-refractivity contribution >= 4 is 5.78 Å². The van der Waals surface area contributed by atoms with E-state index in [1.165, 1.54) is 0 Å². The third kappa shape index (κ3) is 0.800. The molecule has 11 heavy (non-hydrogen) atoms. The van der Waals surface area contributed by atoms with E-state index in [-0.39, 0.29) is 5.78 Å². The average Bonchev–Trinajstić information content (AvgIpc) is 2.28. The van der Waals surface area contributed by atoms with E-state index >= 15 is 0 Å². The van der Waals surface area contributed by atoms with Gasteiger partial charge in [-0.1, -0.05) is 19.9 Å². The van der Waals surface area contributed by atoms with Crippen molar-refractivity contribution in [2.45, 2.75) is 27.2 Å². The molecule has 0 spiro atoms. The lowest BCUT2D eigenvalue weighted by Crippen LogP contribution is -2.01. The van der Waals surface area contributed by atoms with Crippen molar-refractivity contribution < 1.29 is 4.79 Å². The molecule has 0 aromatic rings. The molecule has 2 rings (SSSR count). The highest BCUT2D eigenvalue weighted by atomic mass is 16.1. The van der Waals surface area contributed by atoms with Crippen LogP contribution < -0.4 is 0 Å². The second-order valence-electron chi connectivity index (χ2n) is 4.41. The quantitative estimate of drug-likeness (QED) is 0.560. The van der Waals surface area contributed by atoms with Gasteiger partial charge in [0.25, 0.3) is 0 Å². The summed E-state index contributed by atoms with van der Waals surface area (Å²) in [6.07, 6.45) is 3.22. The standard InChI is InChI=1S/C10H14O/c1-6(11)7-4-8-9(5-7)10(8,2)3/h4,8-9H,5H2,1-3H3. The number of fused-ring (bicyclic) bond motifs is 1. The summed E-state index contributed by atoms with van der Waals surface area (Å²) in [5.41, 5.74) is 1.57. The van der Waals surface area contributed by atoms with E-state index in [0.717, 1.165) is 17.9 Å². The Kier molecular flexibility index (Phi) is 1.14. The molecule has 0 radical (unpaired) electrons. The van der Waals surface area contributed by atoms with Crippen molar-refractivity contribution in [2.75, 3.05) is 0 Å². The Labute approximate surface area is 67.5 Å². The Hall–Kier alpha value is -0.590. The molecule has 0 aromatic carbocycles. The van der Waals surface area contributed by atoms with Gasteiger partial charge in [0.05, 0.1) is 0 Å². The summed E-state index contributed by atoms with van der Waals surface area (Å²) in [5.74, 6) is 1.76. The zero-order valence-electron chi connectivity index (χ0n) is 7.35. The summed E-state index contributed by atoms with van der Waals surface area (Å²) in [6, 6.07) is 0. The predicted molar refractivity (Wildman–Crippen MR) is 44.1 cm³/mol. The molecule has 60 valence electrons. The number of Topliss-reactive ketones (excluding diaryl/α,β-unsaturated/α-hetero) is 1. The summed E-state index contributed by atoms with van der Waals surface area (Å²) in [6.45, 7) is 6.25. The molecule has 1 nitrogen and oxygen atoms in total. The highest BCUT2D eigenvalue weighted by Crippen LogP contribution is 2.65. The lowest BCUT2D eigenvalue weighted by Gasteiger charge is -2.06. The summed E-state index contributed by atoms with van der Waals surface area (Å²) in [4.78, 5) is 11.0. The van der Waals surface area contributed by atoms with E-state index < -0.39 is 0 Å². The van der Waals surface area contributed by atoms with E-state index in [2.05, 4.69) is 19.9 Å². The molecule has 0 amide bonds. The molecule has 0 saturated heterocycles. The van der Waals surface area contributed by atoms with Gasteiger partial charge in [0.1, 0.15) is 0 Å². The first-order chi connectivity index (χ1) is 5.03. The van der Waals surface area contributed by atoms with Gasteiger partial charge in [0.2, 0.25) is 0 Å². The van der Waals surface area contributed by atoms with Crippen molar-refractivity contribution in [3.05, 3.63) is 11.6 Å². The predicted octanol–water partition coefficient (Wildman–Crippen LogP) is 2.18. The van der Waals surface area contributed by atoms with Gasteiger partial charge < -0.3 is 0 Å². The SMILES string of the molecule is CC(=O)C1=CC2C(C1)C2(C)C. The highest BCUT2D eigenvalue weighted by Gasteiger charge is 2.59. The van der Waals surface area contributed by atoms with Gasteiger partial charge in [0.15, 0.2) is 5.78 Å². The molecule has 2 aliphatic carbocycles. The third-order valence-corrected chi connectivity index (χ3v) is 3.41. The van der Waals surface area contributed by atoms with Crippen molar-refractivity contribution in [3.8, 4) is 0 Å². The van der Waals surface area contributed by atoms with Gasteiger partial charge in [-0.3, -0.25) is 4.79 Å². The number of hydrogen-bond donors (Lipinski definition) is 0. The van der Waals surface area contributed by atoms with E-state index in [1.807, 2.05) is 0 Å². The van der Waals surface area contributed by atoms with Crippen LogP contribution in [0.5, 0.6) is 0 Å². The molecule has 1 fully saturated rings. The van der Waals surface area contributed by atoms with Crippen LogP contribution in [0.1, 0.15) is 27.2 Å². The summed E-state index contributed by atoms with van der Waals surface area (Å²) in [5, 5.41) is 0. The first-order valence-electron chi connectivity index (χ1n) is 4.25. The van der Waals surface area contributed by atoms with Crippen LogP contribution in [0.15, 0.2) is 11.6 Å². The molecule has 0 aromatic heterocycles. The van der Waals surface area contributed by atoms with Gasteiger partial charge in [-0.25, -0.2) is 0 Å². The van der Waals surface area contributed by atoms with Crippen LogP contribution in [0.25, 0.3) is 0 Å². The van der Waals surface area contributed by atoms with Gasteiger partial charge in [-0.15, -0.1) is 0 Å². The zero-order valence-corrected chi connectivity index (χ0v) is 7.35. The maximum atomic E-state index is 11.0. The molecule has 1 heteroatoms. The second kappa shape index (κ2) is 1.77. The second-order valence-corrected chi connectivity index (χ2v) is 4.41. The van der Waals surface area contributed by atoms with Crippen LogP contribution in [0.4, 0.5) is 0 Å². The Morgan fingerprint density at radius 1 is 1.64 bits per heavy atom. The summed E-state index contributed by atoms with van der Waals surface area (Å²) < 4.78 is 0. The topological polar surface area (TPSA) is 17.1 Å². The molecule has 0 aliphatic heterocycles. The van der Waals surface area contributed by atoms with Crippen LogP contribution in [0, 0.1) is 17.3 Å². The molecule has 2 aliphatic rings. The lowest BCUT2D eigenvalue weighted by atomic mass is 9.98. The average molecular weight is 150 g/mol. The number of hydrogen-bond acceptors (Lipinski definition) is 1. The summed E-state index contributed by atoms with van der Waals surface area (Å²) in [7, 11) is 0. The maximum Gasteiger partial charge on any atom is 0.155 e. The lowest BCUT2D eigenvalue weighted by molar-refractivity contribution is -0.113. The Balaban J connectivity index is 2.16. The van der Waals surface area contributed by atoms with Gasteiger partial charge in [-0.2, -0.15) is 0 Å². The van der Waals surface area contributed by atoms with E-state index in [9.17, 15) is 4.79 Å². The minimum Gasteiger partial charge on any atom is -0.295 e. The number of ketones is 1. The molecule has 1 saturated carbocycles. The van der Waals surface area contributed by atoms with Crippen LogP contribution in [-0.4, -0.2) is 5.78 Å². The fourth-order valence-electron chi connectivity index (χ4n) is 2.29. The van der Waals surface area contributed by atoms with Crippen LogP contribution in [-0.2, 0) is 4.79 Å². The number of carbonyl (C=O) groups is 1. The van der Waals surface area contributed by atoms with E-state index in [4.69, 9.17) is 0 Å². The fourth-order valence-corrected chi connectivity index (χ4v) is 2.29. The first kappa shape index (κ1) is 7.08. The Morgan fingerprint density at radius 2 is 2.27 bits per heavy atom. The normalized spacial score (nSPS) is 37.9. The molecule has 0 heterocycles. The van der Waals surface area contributed by atoms with Crippen molar-refractivity contribution in [3.63, 3.8) is 0 Å². The fraction of sp³-hybridized carbons (Fsp3) is 0.700. The number of rotatable bonds is 1. The molecule has 2 unspecified atom stereocenters. The van der Waals surface area contributed by atoms with Crippen LogP contribution in [0.2, 0.25) is 0 Å². The molecule has 2 atom stereocenters. The summed E-state index contributed by atoms with van der Waals surface area (Å²) >= 11 is 0. The van der Waals surface area contributed by atoms with Crippen LogP contribution in [0.3, 0.4) is 0 Å². The highest BCUT2D eigenvalue weighted by molar-refractivity contribution is 5.94. The van der Waals surface area contributed by atoms with Crippen molar-refractivity contribution in [1.82, 2.24) is 0 Å². The van der Waals surface area contributed by atoms with E-state index in [0.29, 0.717) is 11.3 Å². The van der Waals surface area contributed by atoms with Gasteiger partial charge in [-0.05, 0) is 36.2 Å². The largest absolute Gasteiger partial charge is 0.295 e. The third-order valence-electron chi connectivity index (χ3n) is 3.41. The van der Waals surface area contributed by atoms with Gasteiger partial charge in [0, 0.05) is 0 Å². The Bertz CT molecular complexity index is 248. The smallest absolute Gasteiger partial charge is 0.155 e. The molecular formula is C10H14O. The molecule has 0 N–H and O–H groups in total.